The second-order valence-corrected chi connectivity index (χ2v) is 4.69. The molecule has 0 aliphatic carbocycles. The number of nitrogens with zero attached hydrogens (tertiary/aromatic N) is 1. The highest BCUT2D eigenvalue weighted by Crippen LogP contribution is 2.28. The summed E-state index contributed by atoms with van der Waals surface area (Å²) >= 11 is 3.36. The molecule has 2 aromatic rings. The molecule has 2 aromatic carbocycles. The van der Waals surface area contributed by atoms with E-state index in [1.807, 2.05) is 18.2 Å². The van der Waals surface area contributed by atoms with Crippen molar-refractivity contribution < 1.29 is 9.13 Å². The molecule has 0 bridgehead atoms. The normalized spacial score (nSPS) is 9.79. The van der Waals surface area contributed by atoms with Gasteiger partial charge >= 0.3 is 0 Å². The van der Waals surface area contributed by atoms with Crippen molar-refractivity contribution in [2.45, 2.75) is 0 Å². The van der Waals surface area contributed by atoms with Gasteiger partial charge in [-0.2, -0.15) is 5.26 Å². The number of rotatable bonds is 3. The van der Waals surface area contributed by atoms with Crippen molar-refractivity contribution in [3.05, 3.63) is 52.3 Å². The second kappa shape index (κ2) is 5.72. The van der Waals surface area contributed by atoms with E-state index in [0.29, 0.717) is 17.1 Å². The van der Waals surface area contributed by atoms with Gasteiger partial charge in [-0.1, -0.05) is 22.0 Å². The van der Waals surface area contributed by atoms with Crippen molar-refractivity contribution >= 4 is 27.3 Å². The van der Waals surface area contributed by atoms with Crippen LogP contribution in [0.3, 0.4) is 0 Å². The van der Waals surface area contributed by atoms with Crippen LogP contribution >= 0.6 is 15.9 Å². The van der Waals surface area contributed by atoms with Crippen LogP contribution in [-0.4, -0.2) is 7.11 Å². The third-order valence-corrected chi connectivity index (χ3v) is 2.97. The molecule has 0 unspecified atom stereocenters. The van der Waals surface area contributed by atoms with Gasteiger partial charge in [-0.15, -0.1) is 0 Å². The average molecular weight is 321 g/mol. The van der Waals surface area contributed by atoms with Gasteiger partial charge in [0.15, 0.2) is 0 Å². The highest BCUT2D eigenvalue weighted by atomic mass is 79.9. The van der Waals surface area contributed by atoms with E-state index in [0.717, 1.165) is 4.47 Å². The maximum Gasteiger partial charge on any atom is 0.143 e. The SMILES string of the molecule is COc1cc(Br)cc(Nc2cccc(F)c2C#N)c1. The Kier molecular flexibility index (Phi) is 4.03. The molecule has 96 valence electrons. The van der Waals surface area contributed by atoms with Gasteiger partial charge in [0.1, 0.15) is 23.2 Å². The fraction of sp³-hybridized carbons (Fsp3) is 0.0714. The molecule has 0 amide bonds. The summed E-state index contributed by atoms with van der Waals surface area (Å²) in [5.41, 5.74) is 1.11. The third-order valence-electron chi connectivity index (χ3n) is 2.51. The van der Waals surface area contributed by atoms with E-state index >= 15 is 0 Å². The number of methoxy groups -OCH3 is 1. The smallest absolute Gasteiger partial charge is 0.143 e. The Balaban J connectivity index is 2.39. The number of halogens is 2. The minimum absolute atomic E-state index is 0.0126. The Morgan fingerprint density at radius 2 is 2.11 bits per heavy atom. The summed E-state index contributed by atoms with van der Waals surface area (Å²) < 4.78 is 19.4. The first kappa shape index (κ1) is 13.4. The van der Waals surface area contributed by atoms with Gasteiger partial charge in [-0.25, -0.2) is 4.39 Å². The quantitative estimate of drug-likeness (QED) is 0.921. The first-order chi connectivity index (χ1) is 9.13. The summed E-state index contributed by atoms with van der Waals surface area (Å²) in [6.45, 7) is 0. The molecular formula is C14H10BrFN2O. The molecule has 2 rings (SSSR count). The summed E-state index contributed by atoms with van der Waals surface area (Å²) in [6.07, 6.45) is 0. The number of nitriles is 1. The molecule has 0 spiro atoms. The minimum atomic E-state index is -0.547. The fourth-order valence-electron chi connectivity index (χ4n) is 1.65. The van der Waals surface area contributed by atoms with Crippen LogP contribution in [0.25, 0.3) is 0 Å². The van der Waals surface area contributed by atoms with Crippen LogP contribution in [0.2, 0.25) is 0 Å². The lowest BCUT2D eigenvalue weighted by atomic mass is 10.1. The monoisotopic (exact) mass is 320 g/mol. The van der Waals surface area contributed by atoms with Crippen LogP contribution in [0.15, 0.2) is 40.9 Å². The Morgan fingerprint density at radius 1 is 1.32 bits per heavy atom. The summed E-state index contributed by atoms with van der Waals surface area (Å²) in [5.74, 6) is 0.112. The first-order valence-electron chi connectivity index (χ1n) is 5.44. The predicted octanol–water partition coefficient (Wildman–Crippen LogP) is 4.21. The van der Waals surface area contributed by atoms with Crippen LogP contribution in [-0.2, 0) is 0 Å². The Morgan fingerprint density at radius 3 is 2.79 bits per heavy atom. The molecule has 0 fully saturated rings. The molecule has 0 saturated heterocycles. The van der Waals surface area contributed by atoms with Gasteiger partial charge in [0.25, 0.3) is 0 Å². The van der Waals surface area contributed by atoms with E-state index in [9.17, 15) is 4.39 Å². The highest BCUT2D eigenvalue weighted by molar-refractivity contribution is 9.10. The number of ether oxygens (including phenoxy) is 1. The van der Waals surface area contributed by atoms with Gasteiger partial charge in [0.05, 0.1) is 12.8 Å². The third kappa shape index (κ3) is 3.04. The van der Waals surface area contributed by atoms with E-state index in [1.54, 1.807) is 25.3 Å². The number of nitrogens with one attached hydrogen (secondary N) is 1. The zero-order valence-electron chi connectivity index (χ0n) is 10.1. The Labute approximate surface area is 118 Å². The molecule has 0 aromatic heterocycles. The van der Waals surface area contributed by atoms with Crippen LogP contribution in [0.5, 0.6) is 5.75 Å². The number of hydrogen-bond acceptors (Lipinski definition) is 3. The molecular weight excluding hydrogens is 311 g/mol. The minimum Gasteiger partial charge on any atom is -0.497 e. The largest absolute Gasteiger partial charge is 0.497 e. The summed E-state index contributed by atoms with van der Waals surface area (Å²) in [4.78, 5) is 0. The Bertz CT molecular complexity index is 652. The number of benzene rings is 2. The van der Waals surface area contributed by atoms with Crippen molar-refractivity contribution in [2.75, 3.05) is 12.4 Å². The van der Waals surface area contributed by atoms with Crippen LogP contribution in [0, 0.1) is 17.1 Å². The topological polar surface area (TPSA) is 45.0 Å². The average Bonchev–Trinajstić information content (AvgIpc) is 2.38. The lowest BCUT2D eigenvalue weighted by Crippen LogP contribution is -1.96. The summed E-state index contributed by atoms with van der Waals surface area (Å²) in [5, 5.41) is 12.0. The lowest BCUT2D eigenvalue weighted by Gasteiger charge is -2.10. The maximum absolute atomic E-state index is 13.5. The predicted molar refractivity (Wildman–Crippen MR) is 75.1 cm³/mol. The van der Waals surface area contributed by atoms with Crippen LogP contribution in [0.4, 0.5) is 15.8 Å². The van der Waals surface area contributed by atoms with Gasteiger partial charge < -0.3 is 10.1 Å². The van der Waals surface area contributed by atoms with Crippen LogP contribution < -0.4 is 10.1 Å². The maximum atomic E-state index is 13.5. The molecule has 0 aliphatic rings. The summed E-state index contributed by atoms with van der Waals surface area (Å²) in [6, 6.07) is 11.7. The fourth-order valence-corrected chi connectivity index (χ4v) is 2.12. The van der Waals surface area contributed by atoms with Crippen molar-refractivity contribution in [1.82, 2.24) is 0 Å². The zero-order chi connectivity index (χ0) is 13.8. The van der Waals surface area contributed by atoms with E-state index in [1.165, 1.54) is 6.07 Å². The molecule has 0 saturated carbocycles. The van der Waals surface area contributed by atoms with Gasteiger partial charge in [-0.3, -0.25) is 0 Å². The molecule has 0 atom stereocenters. The second-order valence-electron chi connectivity index (χ2n) is 3.78. The van der Waals surface area contributed by atoms with Gasteiger partial charge in [0, 0.05) is 16.2 Å². The van der Waals surface area contributed by atoms with Crippen molar-refractivity contribution in [3.8, 4) is 11.8 Å². The standard InChI is InChI=1S/C14H10BrFN2O/c1-19-11-6-9(15)5-10(7-11)18-14-4-2-3-13(16)12(14)8-17/h2-7,18H,1H3. The zero-order valence-corrected chi connectivity index (χ0v) is 11.7. The molecule has 0 aliphatic heterocycles. The lowest BCUT2D eigenvalue weighted by molar-refractivity contribution is 0.415. The molecule has 0 radical (unpaired) electrons. The Hall–Kier alpha value is -2.06. The number of hydrogen-bond donors (Lipinski definition) is 1. The van der Waals surface area contributed by atoms with E-state index in [-0.39, 0.29) is 5.56 Å². The van der Waals surface area contributed by atoms with Gasteiger partial charge in [-0.05, 0) is 24.3 Å². The van der Waals surface area contributed by atoms with Crippen molar-refractivity contribution in [3.63, 3.8) is 0 Å². The molecule has 1 N–H and O–H groups in total. The molecule has 3 nitrogen and oxygen atoms in total. The van der Waals surface area contributed by atoms with E-state index in [4.69, 9.17) is 10.00 Å². The van der Waals surface area contributed by atoms with Crippen molar-refractivity contribution in [2.24, 2.45) is 0 Å². The van der Waals surface area contributed by atoms with E-state index < -0.39 is 5.82 Å². The van der Waals surface area contributed by atoms with Crippen LogP contribution in [0.1, 0.15) is 5.56 Å². The summed E-state index contributed by atoms with van der Waals surface area (Å²) in [7, 11) is 1.56. The molecule has 19 heavy (non-hydrogen) atoms. The van der Waals surface area contributed by atoms with Gasteiger partial charge in [0.2, 0.25) is 0 Å². The highest BCUT2D eigenvalue weighted by Gasteiger charge is 2.08. The van der Waals surface area contributed by atoms with Crippen molar-refractivity contribution in [1.29, 1.82) is 5.26 Å². The first-order valence-corrected chi connectivity index (χ1v) is 6.23. The molecule has 5 heteroatoms. The molecule has 0 heterocycles. The number of anilines is 2. The van der Waals surface area contributed by atoms with E-state index in [2.05, 4.69) is 21.2 Å².